The van der Waals surface area contributed by atoms with Gasteiger partial charge in [-0.3, -0.25) is 4.79 Å². The van der Waals surface area contributed by atoms with E-state index in [1.807, 2.05) is 0 Å². The predicted octanol–water partition coefficient (Wildman–Crippen LogP) is 2.89. The van der Waals surface area contributed by atoms with Crippen molar-refractivity contribution >= 4 is 17.5 Å². The second kappa shape index (κ2) is 3.82. The number of hydrogen-bond donors (Lipinski definition) is 0. The van der Waals surface area contributed by atoms with Crippen LogP contribution in [0, 0.1) is 5.92 Å². The second-order valence-corrected chi connectivity index (χ2v) is 6.39. The summed E-state index contributed by atoms with van der Waals surface area (Å²) in [5, 5.41) is 0. The van der Waals surface area contributed by atoms with Gasteiger partial charge < -0.3 is 0 Å². The van der Waals surface area contributed by atoms with Gasteiger partial charge in [-0.1, -0.05) is 20.8 Å². The average Bonchev–Trinajstić information content (AvgIpc) is 2.66. The summed E-state index contributed by atoms with van der Waals surface area (Å²) in [4.78, 5) is 11.3. The van der Waals surface area contributed by atoms with E-state index in [1.165, 1.54) is 12.8 Å². The summed E-state index contributed by atoms with van der Waals surface area (Å²) in [7, 11) is 0. The quantitative estimate of drug-likeness (QED) is 0.671. The molecule has 0 N–H and O–H groups in total. The average molecular weight is 186 g/mol. The summed E-state index contributed by atoms with van der Waals surface area (Å²) in [6, 6.07) is 0. The minimum Gasteiger partial charge on any atom is -0.299 e. The lowest BCUT2D eigenvalue weighted by Crippen LogP contribution is -2.13. The fourth-order valence-electron chi connectivity index (χ4n) is 1.000. The third kappa shape index (κ3) is 4.81. The molecule has 0 saturated heterocycles. The molecule has 0 unspecified atom stereocenters. The Kier molecular flexibility index (Phi) is 3.22. The van der Waals surface area contributed by atoms with Crippen LogP contribution in [-0.2, 0) is 4.79 Å². The summed E-state index contributed by atoms with van der Waals surface area (Å²) < 4.78 is 0.235. The third-order valence-electron chi connectivity index (χ3n) is 1.88. The lowest BCUT2D eigenvalue weighted by Gasteiger charge is -2.16. The van der Waals surface area contributed by atoms with E-state index in [-0.39, 0.29) is 4.75 Å². The molecule has 1 aliphatic carbocycles. The van der Waals surface area contributed by atoms with Crippen molar-refractivity contribution in [1.29, 1.82) is 0 Å². The van der Waals surface area contributed by atoms with Crippen LogP contribution in [0.25, 0.3) is 0 Å². The Balaban J connectivity index is 2.09. The fraction of sp³-hybridized carbons (Fsp3) is 0.900. The number of Topliss-reactive ketones (excluding diaryl/α,β-unsaturated/α-hetero) is 1. The largest absolute Gasteiger partial charge is 0.299 e. The maximum absolute atomic E-state index is 11.3. The van der Waals surface area contributed by atoms with E-state index in [9.17, 15) is 4.79 Å². The normalized spacial score (nSPS) is 17.9. The number of thioether (sulfide) groups is 1. The van der Waals surface area contributed by atoms with Crippen molar-refractivity contribution in [3.8, 4) is 0 Å². The molecule has 1 nitrogen and oxygen atoms in total. The molecule has 1 saturated carbocycles. The van der Waals surface area contributed by atoms with E-state index in [0.29, 0.717) is 11.5 Å². The van der Waals surface area contributed by atoms with E-state index >= 15 is 0 Å². The van der Waals surface area contributed by atoms with Crippen LogP contribution in [0.3, 0.4) is 0 Å². The molecule has 0 heterocycles. The molecule has 1 aliphatic rings. The third-order valence-corrected chi connectivity index (χ3v) is 3.21. The summed E-state index contributed by atoms with van der Waals surface area (Å²) in [5.41, 5.74) is 0. The van der Waals surface area contributed by atoms with Crippen molar-refractivity contribution in [3.05, 3.63) is 0 Å². The minimum atomic E-state index is 0.235. The van der Waals surface area contributed by atoms with E-state index in [0.717, 1.165) is 12.3 Å². The van der Waals surface area contributed by atoms with Gasteiger partial charge in [-0.2, -0.15) is 0 Å². The first-order valence-electron chi connectivity index (χ1n) is 4.63. The Bertz CT molecular complexity index is 165. The molecule has 70 valence electrons. The monoisotopic (exact) mass is 186 g/mol. The molecule has 0 amide bonds. The molecule has 1 rings (SSSR count). The summed E-state index contributed by atoms with van der Waals surface area (Å²) in [6.45, 7) is 6.46. The molecule has 0 spiro atoms. The van der Waals surface area contributed by atoms with Gasteiger partial charge in [0.15, 0.2) is 0 Å². The van der Waals surface area contributed by atoms with Gasteiger partial charge in [0.05, 0.1) is 5.75 Å². The Labute approximate surface area is 79.3 Å². The predicted molar refractivity (Wildman–Crippen MR) is 54.6 cm³/mol. The molecular formula is C10H18OS. The zero-order valence-corrected chi connectivity index (χ0v) is 9.04. The summed E-state index contributed by atoms with van der Waals surface area (Å²) in [6.07, 6.45) is 3.40. The van der Waals surface area contributed by atoms with Gasteiger partial charge in [-0.05, 0) is 18.8 Å². The van der Waals surface area contributed by atoms with Crippen molar-refractivity contribution in [3.63, 3.8) is 0 Å². The Morgan fingerprint density at radius 3 is 2.42 bits per heavy atom. The van der Waals surface area contributed by atoms with E-state index in [4.69, 9.17) is 0 Å². The molecule has 0 aliphatic heterocycles. The summed E-state index contributed by atoms with van der Waals surface area (Å²) >= 11 is 1.76. The van der Waals surface area contributed by atoms with Crippen LogP contribution in [-0.4, -0.2) is 16.3 Å². The molecule has 0 aromatic carbocycles. The van der Waals surface area contributed by atoms with Gasteiger partial charge in [0, 0.05) is 11.2 Å². The van der Waals surface area contributed by atoms with Crippen LogP contribution < -0.4 is 0 Å². The van der Waals surface area contributed by atoms with Crippen LogP contribution in [0.4, 0.5) is 0 Å². The zero-order chi connectivity index (χ0) is 9.19. The number of rotatable bonds is 4. The van der Waals surface area contributed by atoms with Crippen LogP contribution in [0.2, 0.25) is 0 Å². The Hall–Kier alpha value is 0.0200. The fourth-order valence-corrected chi connectivity index (χ4v) is 1.71. The smallest absolute Gasteiger partial charge is 0.143 e. The van der Waals surface area contributed by atoms with Gasteiger partial charge in [-0.15, -0.1) is 11.8 Å². The van der Waals surface area contributed by atoms with E-state index in [1.54, 1.807) is 11.8 Å². The van der Waals surface area contributed by atoms with Gasteiger partial charge in [0.2, 0.25) is 0 Å². The molecule has 12 heavy (non-hydrogen) atoms. The van der Waals surface area contributed by atoms with E-state index < -0.39 is 0 Å². The van der Waals surface area contributed by atoms with Crippen molar-refractivity contribution in [2.24, 2.45) is 5.92 Å². The van der Waals surface area contributed by atoms with Gasteiger partial charge in [-0.25, -0.2) is 0 Å². The summed E-state index contributed by atoms with van der Waals surface area (Å²) in [5.74, 6) is 1.90. The number of ketones is 1. The van der Waals surface area contributed by atoms with Crippen molar-refractivity contribution < 1.29 is 4.79 Å². The highest BCUT2D eigenvalue weighted by molar-refractivity contribution is 8.01. The molecule has 0 atom stereocenters. The first-order chi connectivity index (χ1) is 5.47. The first-order valence-corrected chi connectivity index (χ1v) is 5.61. The molecule has 0 radical (unpaired) electrons. The Morgan fingerprint density at radius 1 is 1.42 bits per heavy atom. The first kappa shape index (κ1) is 10.1. The van der Waals surface area contributed by atoms with E-state index in [2.05, 4.69) is 20.8 Å². The lowest BCUT2D eigenvalue weighted by molar-refractivity contribution is -0.116. The SMILES string of the molecule is CC(C)(C)SCC(=O)CC1CC1. The van der Waals surface area contributed by atoms with Gasteiger partial charge in [0.1, 0.15) is 5.78 Å². The zero-order valence-electron chi connectivity index (χ0n) is 8.22. The number of carbonyl (C=O) groups is 1. The second-order valence-electron chi connectivity index (χ2n) is 4.59. The number of hydrogen-bond acceptors (Lipinski definition) is 2. The highest BCUT2D eigenvalue weighted by Crippen LogP contribution is 2.33. The topological polar surface area (TPSA) is 17.1 Å². The molecule has 0 aromatic heterocycles. The van der Waals surface area contributed by atoms with Crippen LogP contribution in [0.1, 0.15) is 40.0 Å². The van der Waals surface area contributed by atoms with Crippen LogP contribution in [0.5, 0.6) is 0 Å². The molecule has 2 heteroatoms. The molecule has 0 aromatic rings. The maximum Gasteiger partial charge on any atom is 0.143 e. The molecular weight excluding hydrogens is 168 g/mol. The standard InChI is InChI=1S/C10H18OS/c1-10(2,3)12-7-9(11)6-8-4-5-8/h8H,4-7H2,1-3H3. The molecule has 0 bridgehead atoms. The van der Waals surface area contributed by atoms with Gasteiger partial charge >= 0.3 is 0 Å². The number of carbonyl (C=O) groups excluding carboxylic acids is 1. The van der Waals surface area contributed by atoms with Crippen LogP contribution >= 0.6 is 11.8 Å². The highest BCUT2D eigenvalue weighted by atomic mass is 32.2. The maximum atomic E-state index is 11.3. The van der Waals surface area contributed by atoms with Crippen LogP contribution in [0.15, 0.2) is 0 Å². The Morgan fingerprint density at radius 2 is 2.00 bits per heavy atom. The van der Waals surface area contributed by atoms with Crippen molar-refractivity contribution in [2.75, 3.05) is 5.75 Å². The molecule has 1 fully saturated rings. The highest BCUT2D eigenvalue weighted by Gasteiger charge is 2.24. The van der Waals surface area contributed by atoms with Gasteiger partial charge in [0.25, 0.3) is 0 Å². The lowest BCUT2D eigenvalue weighted by atomic mass is 10.2. The van der Waals surface area contributed by atoms with Crippen molar-refractivity contribution in [2.45, 2.75) is 44.8 Å². The van der Waals surface area contributed by atoms with Crippen molar-refractivity contribution in [1.82, 2.24) is 0 Å². The minimum absolute atomic E-state index is 0.235.